The van der Waals surface area contributed by atoms with Crippen LogP contribution in [0.25, 0.3) is 0 Å². The quantitative estimate of drug-likeness (QED) is 0.865. The zero-order chi connectivity index (χ0) is 15.5. The highest BCUT2D eigenvalue weighted by molar-refractivity contribution is 6.30. The molecule has 1 aromatic carbocycles. The predicted molar refractivity (Wildman–Crippen MR) is 85.0 cm³/mol. The van der Waals surface area contributed by atoms with Crippen molar-refractivity contribution in [3.8, 4) is 0 Å². The summed E-state index contributed by atoms with van der Waals surface area (Å²) in [5, 5.41) is 4.64. The van der Waals surface area contributed by atoms with Gasteiger partial charge in [-0.15, -0.1) is 0 Å². The SMILES string of the molecule is CCc1cc(C(=O)N2CCC(Cc3ccc(Cl)cc3)C2)on1. The first-order valence-corrected chi connectivity index (χ1v) is 8.03. The smallest absolute Gasteiger partial charge is 0.292 e. The second-order valence-corrected chi connectivity index (χ2v) is 6.21. The van der Waals surface area contributed by atoms with E-state index in [9.17, 15) is 4.79 Å². The third kappa shape index (κ3) is 3.33. The molecule has 0 N–H and O–H groups in total. The summed E-state index contributed by atoms with van der Waals surface area (Å²) in [7, 11) is 0. The van der Waals surface area contributed by atoms with Crippen LogP contribution in [0.1, 0.15) is 35.2 Å². The summed E-state index contributed by atoms with van der Waals surface area (Å²) in [6, 6.07) is 9.67. The molecule has 4 nitrogen and oxygen atoms in total. The van der Waals surface area contributed by atoms with E-state index in [0.29, 0.717) is 11.7 Å². The normalized spacial score (nSPS) is 17.9. The number of rotatable bonds is 4. The number of carbonyl (C=O) groups excluding carboxylic acids is 1. The van der Waals surface area contributed by atoms with Crippen molar-refractivity contribution in [1.29, 1.82) is 0 Å². The fourth-order valence-corrected chi connectivity index (χ4v) is 3.00. The molecule has 1 aromatic heterocycles. The van der Waals surface area contributed by atoms with E-state index in [0.717, 1.165) is 43.1 Å². The number of benzene rings is 1. The topological polar surface area (TPSA) is 46.3 Å². The van der Waals surface area contributed by atoms with Crippen LogP contribution in [0, 0.1) is 5.92 Å². The van der Waals surface area contributed by atoms with Gasteiger partial charge in [-0.2, -0.15) is 0 Å². The van der Waals surface area contributed by atoms with Crippen molar-refractivity contribution in [2.75, 3.05) is 13.1 Å². The van der Waals surface area contributed by atoms with Crippen molar-refractivity contribution in [3.05, 3.63) is 52.4 Å². The van der Waals surface area contributed by atoms with Crippen molar-refractivity contribution in [2.45, 2.75) is 26.2 Å². The number of hydrogen-bond donors (Lipinski definition) is 0. The molecule has 0 saturated carbocycles. The lowest BCUT2D eigenvalue weighted by molar-refractivity contribution is 0.0745. The van der Waals surface area contributed by atoms with Gasteiger partial charge in [0.2, 0.25) is 5.76 Å². The largest absolute Gasteiger partial charge is 0.351 e. The number of halogens is 1. The number of aryl methyl sites for hydroxylation is 1. The number of nitrogens with zero attached hydrogens (tertiary/aromatic N) is 2. The van der Waals surface area contributed by atoms with Gasteiger partial charge < -0.3 is 9.42 Å². The first kappa shape index (κ1) is 15.1. The number of carbonyl (C=O) groups is 1. The molecular formula is C17H19ClN2O2. The Morgan fingerprint density at radius 3 is 2.86 bits per heavy atom. The molecule has 0 bridgehead atoms. The fourth-order valence-electron chi connectivity index (χ4n) is 2.87. The second-order valence-electron chi connectivity index (χ2n) is 5.77. The molecular weight excluding hydrogens is 300 g/mol. The van der Waals surface area contributed by atoms with Gasteiger partial charge >= 0.3 is 0 Å². The molecule has 3 rings (SSSR count). The van der Waals surface area contributed by atoms with Crippen LogP contribution in [0.2, 0.25) is 5.02 Å². The molecule has 1 atom stereocenters. The molecule has 2 heterocycles. The minimum absolute atomic E-state index is 0.0502. The standard InChI is InChI=1S/C17H19ClN2O2/c1-2-15-10-16(22-19-15)17(21)20-8-7-13(11-20)9-12-3-5-14(18)6-4-12/h3-6,10,13H,2,7-9,11H2,1H3. The van der Waals surface area contributed by atoms with Crippen molar-refractivity contribution >= 4 is 17.5 Å². The molecule has 0 aliphatic carbocycles. The molecule has 1 aliphatic rings. The first-order valence-electron chi connectivity index (χ1n) is 7.65. The molecule has 22 heavy (non-hydrogen) atoms. The van der Waals surface area contributed by atoms with Gasteiger partial charge in [0.25, 0.3) is 5.91 Å². The number of aromatic nitrogens is 1. The van der Waals surface area contributed by atoms with Crippen molar-refractivity contribution in [3.63, 3.8) is 0 Å². The molecule has 1 aliphatic heterocycles. The summed E-state index contributed by atoms with van der Waals surface area (Å²) < 4.78 is 5.14. The number of hydrogen-bond acceptors (Lipinski definition) is 3. The lowest BCUT2D eigenvalue weighted by atomic mass is 9.99. The summed E-state index contributed by atoms with van der Waals surface area (Å²) in [5.74, 6) is 0.786. The van der Waals surface area contributed by atoms with Crippen molar-refractivity contribution in [1.82, 2.24) is 10.1 Å². The Kier molecular flexibility index (Phi) is 4.48. The minimum atomic E-state index is -0.0502. The maximum Gasteiger partial charge on any atom is 0.292 e. The van der Waals surface area contributed by atoms with E-state index in [4.69, 9.17) is 16.1 Å². The molecule has 1 amide bonds. The second kappa shape index (κ2) is 6.53. The lowest BCUT2D eigenvalue weighted by Crippen LogP contribution is -2.28. The van der Waals surface area contributed by atoms with Gasteiger partial charge in [0.1, 0.15) is 0 Å². The highest BCUT2D eigenvalue weighted by Gasteiger charge is 2.29. The van der Waals surface area contributed by atoms with Crippen LogP contribution < -0.4 is 0 Å². The van der Waals surface area contributed by atoms with Gasteiger partial charge in [0, 0.05) is 24.2 Å². The number of likely N-dealkylation sites (tertiary alicyclic amines) is 1. The fraction of sp³-hybridized carbons (Fsp3) is 0.412. The first-order chi connectivity index (χ1) is 10.7. The van der Waals surface area contributed by atoms with Gasteiger partial charge in [-0.25, -0.2) is 0 Å². The predicted octanol–water partition coefficient (Wildman–Crippen LogP) is 3.60. The van der Waals surface area contributed by atoms with Crippen LogP contribution in [0.5, 0.6) is 0 Å². The molecule has 2 aromatic rings. The number of amides is 1. The summed E-state index contributed by atoms with van der Waals surface area (Å²) in [6.45, 7) is 3.53. The average molecular weight is 319 g/mol. The summed E-state index contributed by atoms with van der Waals surface area (Å²) >= 11 is 5.91. The van der Waals surface area contributed by atoms with Crippen molar-refractivity contribution < 1.29 is 9.32 Å². The zero-order valence-corrected chi connectivity index (χ0v) is 13.3. The Balaban J connectivity index is 1.59. The van der Waals surface area contributed by atoms with E-state index in [1.807, 2.05) is 24.0 Å². The third-order valence-corrected chi connectivity index (χ3v) is 4.39. The van der Waals surface area contributed by atoms with Gasteiger partial charge in [0.15, 0.2) is 0 Å². The summed E-state index contributed by atoms with van der Waals surface area (Å²) in [5.41, 5.74) is 2.08. The Labute approximate surface area is 135 Å². The Morgan fingerprint density at radius 1 is 1.41 bits per heavy atom. The summed E-state index contributed by atoms with van der Waals surface area (Å²) in [6.07, 6.45) is 2.76. The van der Waals surface area contributed by atoms with E-state index in [2.05, 4.69) is 17.3 Å². The van der Waals surface area contributed by atoms with Crippen molar-refractivity contribution in [2.24, 2.45) is 5.92 Å². The molecule has 1 saturated heterocycles. The average Bonchev–Trinajstić information content (AvgIpc) is 3.18. The highest BCUT2D eigenvalue weighted by Crippen LogP contribution is 2.23. The summed E-state index contributed by atoms with van der Waals surface area (Å²) in [4.78, 5) is 14.3. The maximum absolute atomic E-state index is 12.4. The van der Waals surface area contributed by atoms with Crippen LogP contribution in [0.4, 0.5) is 0 Å². The van der Waals surface area contributed by atoms with E-state index >= 15 is 0 Å². The molecule has 0 radical (unpaired) electrons. The zero-order valence-electron chi connectivity index (χ0n) is 12.6. The van der Waals surface area contributed by atoms with Gasteiger partial charge in [-0.3, -0.25) is 4.79 Å². The molecule has 116 valence electrons. The van der Waals surface area contributed by atoms with E-state index in [1.165, 1.54) is 5.56 Å². The Morgan fingerprint density at radius 2 is 2.18 bits per heavy atom. The Hall–Kier alpha value is -1.81. The highest BCUT2D eigenvalue weighted by atomic mass is 35.5. The van der Waals surface area contributed by atoms with Gasteiger partial charge in [-0.1, -0.05) is 35.8 Å². The van der Waals surface area contributed by atoms with Gasteiger partial charge in [-0.05, 0) is 42.9 Å². The third-order valence-electron chi connectivity index (χ3n) is 4.14. The van der Waals surface area contributed by atoms with Crippen LogP contribution in [0.15, 0.2) is 34.9 Å². The molecule has 1 unspecified atom stereocenters. The monoisotopic (exact) mass is 318 g/mol. The minimum Gasteiger partial charge on any atom is -0.351 e. The van der Waals surface area contributed by atoms with Crippen LogP contribution in [-0.4, -0.2) is 29.1 Å². The van der Waals surface area contributed by atoms with Crippen LogP contribution in [0.3, 0.4) is 0 Å². The van der Waals surface area contributed by atoms with Gasteiger partial charge in [0.05, 0.1) is 5.69 Å². The Bertz CT molecular complexity index is 651. The van der Waals surface area contributed by atoms with E-state index < -0.39 is 0 Å². The molecule has 5 heteroatoms. The van der Waals surface area contributed by atoms with E-state index in [-0.39, 0.29) is 5.91 Å². The maximum atomic E-state index is 12.4. The molecule has 1 fully saturated rings. The van der Waals surface area contributed by atoms with Crippen LogP contribution >= 0.6 is 11.6 Å². The molecule has 0 spiro atoms. The van der Waals surface area contributed by atoms with E-state index in [1.54, 1.807) is 6.07 Å². The van der Waals surface area contributed by atoms with Crippen LogP contribution in [-0.2, 0) is 12.8 Å². The lowest BCUT2D eigenvalue weighted by Gasteiger charge is -2.14.